The largest absolute Gasteiger partial charge is 0.495 e. The molecule has 0 amide bonds. The minimum Gasteiger partial charge on any atom is -0.495 e. The van der Waals surface area contributed by atoms with E-state index in [0.717, 1.165) is 17.7 Å². The highest BCUT2D eigenvalue weighted by Crippen LogP contribution is 2.40. The van der Waals surface area contributed by atoms with E-state index in [4.69, 9.17) is 15.2 Å². The lowest BCUT2D eigenvalue weighted by molar-refractivity contribution is 0.415. The van der Waals surface area contributed by atoms with Crippen molar-refractivity contribution in [2.75, 3.05) is 20.0 Å². The maximum atomic E-state index is 12.2. The number of methoxy groups -OCH3 is 2. The van der Waals surface area contributed by atoms with Crippen molar-refractivity contribution in [1.82, 2.24) is 0 Å². The number of azo groups is 2. The number of ether oxygens (including phenoxy) is 2. The normalized spacial score (nSPS) is 12.8. The Morgan fingerprint density at radius 3 is 1.62 bits per heavy atom. The van der Waals surface area contributed by atoms with E-state index in [9.17, 15) is 38.9 Å². The Labute approximate surface area is 257 Å². The van der Waals surface area contributed by atoms with Crippen molar-refractivity contribution in [2.24, 2.45) is 20.5 Å². The smallest absolute Gasteiger partial charge is 0.296 e. The van der Waals surface area contributed by atoms with Gasteiger partial charge in [-0.1, -0.05) is 0 Å². The zero-order chi connectivity index (χ0) is 33.5. The summed E-state index contributed by atoms with van der Waals surface area (Å²) in [7, 11) is -12.3. The van der Waals surface area contributed by atoms with Crippen LogP contribution in [0.2, 0.25) is 0 Å². The van der Waals surface area contributed by atoms with Crippen LogP contribution in [-0.4, -0.2) is 53.1 Å². The molecule has 4 aromatic carbocycles. The van der Waals surface area contributed by atoms with Gasteiger partial charge in [-0.25, -0.2) is 0 Å². The van der Waals surface area contributed by atoms with Crippen LogP contribution >= 0.6 is 0 Å². The van der Waals surface area contributed by atoms with Gasteiger partial charge in [0.25, 0.3) is 30.4 Å². The Bertz CT molecular complexity index is 2250. The molecule has 0 aliphatic carbocycles. The number of hydrogen-bond donors (Lipinski definition) is 4. The van der Waals surface area contributed by atoms with Crippen LogP contribution in [0.1, 0.15) is 11.1 Å². The van der Waals surface area contributed by atoms with Crippen LogP contribution in [0.3, 0.4) is 0 Å². The Kier molecular flexibility index (Phi) is 8.97. The van der Waals surface area contributed by atoms with Gasteiger partial charge in [-0.05, 0) is 66.8 Å². The molecule has 4 rings (SSSR count). The predicted molar refractivity (Wildman–Crippen MR) is 162 cm³/mol. The third-order valence-corrected chi connectivity index (χ3v) is 9.01. The summed E-state index contributed by atoms with van der Waals surface area (Å²) in [5.41, 5.74) is 7.89. The van der Waals surface area contributed by atoms with E-state index in [0.29, 0.717) is 40.5 Å². The summed E-state index contributed by atoms with van der Waals surface area (Å²) in [6, 6.07) is 9.06. The van der Waals surface area contributed by atoms with Crippen molar-refractivity contribution in [3.63, 3.8) is 0 Å². The van der Waals surface area contributed by atoms with E-state index in [-0.39, 0.29) is 22.2 Å². The molecule has 0 radical (unpaired) electrons. The van der Waals surface area contributed by atoms with Crippen LogP contribution < -0.4 is 15.2 Å². The standard InChI is InChI=1S/C26H25N5O11S3/c1-13-5-18(27)23(41-3)11-19(13)28-30-21-6-14(2)20(12-24(21)42-4)29-31-22-10-17-15(8-26(22)45(38,39)40)7-16(43(32,33)34)9-25(17)44(35,36)37/h5-12H,27H2,1-4H3,(H,32,33,34)(H,35,36,37)(H,38,39,40). The molecule has 0 spiro atoms. The first kappa shape index (κ1) is 33.4. The van der Waals surface area contributed by atoms with E-state index >= 15 is 0 Å². The lowest BCUT2D eigenvalue weighted by atomic mass is 10.1. The quantitative estimate of drug-likeness (QED) is 0.0953. The van der Waals surface area contributed by atoms with Crippen molar-refractivity contribution < 1.29 is 48.4 Å². The molecule has 0 fully saturated rings. The van der Waals surface area contributed by atoms with Gasteiger partial charge in [0, 0.05) is 17.5 Å². The highest BCUT2D eigenvalue weighted by Gasteiger charge is 2.24. The van der Waals surface area contributed by atoms with Crippen LogP contribution in [-0.2, 0) is 30.4 Å². The summed E-state index contributed by atoms with van der Waals surface area (Å²) < 4.78 is 112. The van der Waals surface area contributed by atoms with Crippen LogP contribution in [0, 0.1) is 13.8 Å². The monoisotopic (exact) mass is 679 g/mol. The van der Waals surface area contributed by atoms with Gasteiger partial charge in [-0.3, -0.25) is 13.7 Å². The van der Waals surface area contributed by atoms with E-state index in [1.165, 1.54) is 20.3 Å². The van der Waals surface area contributed by atoms with E-state index in [1.807, 2.05) is 0 Å². The molecule has 0 aliphatic rings. The zero-order valence-corrected chi connectivity index (χ0v) is 26.3. The van der Waals surface area contributed by atoms with Crippen molar-refractivity contribution >= 4 is 69.6 Å². The molecule has 19 heteroatoms. The number of nitrogens with zero attached hydrogens (tertiary/aromatic N) is 4. The van der Waals surface area contributed by atoms with Gasteiger partial charge in [0.15, 0.2) is 0 Å². The van der Waals surface area contributed by atoms with Crippen LogP contribution in [0.15, 0.2) is 83.7 Å². The molecule has 238 valence electrons. The summed E-state index contributed by atoms with van der Waals surface area (Å²) in [6.45, 7) is 3.41. The zero-order valence-electron chi connectivity index (χ0n) is 23.8. The lowest BCUT2D eigenvalue weighted by Crippen LogP contribution is -2.05. The Morgan fingerprint density at radius 2 is 1.09 bits per heavy atom. The molecule has 4 aromatic rings. The molecule has 0 saturated carbocycles. The molecule has 16 nitrogen and oxygen atoms in total. The highest BCUT2D eigenvalue weighted by atomic mass is 32.2. The minimum atomic E-state index is -5.11. The van der Waals surface area contributed by atoms with E-state index < -0.39 is 50.7 Å². The van der Waals surface area contributed by atoms with Gasteiger partial charge in [-0.2, -0.15) is 35.5 Å². The molecule has 0 heterocycles. The van der Waals surface area contributed by atoms with Gasteiger partial charge in [-0.15, -0.1) is 10.2 Å². The second kappa shape index (κ2) is 12.1. The van der Waals surface area contributed by atoms with Crippen molar-refractivity contribution in [3.8, 4) is 11.5 Å². The summed E-state index contributed by atoms with van der Waals surface area (Å²) in [6.07, 6.45) is 0. The van der Waals surface area contributed by atoms with Gasteiger partial charge in [0.1, 0.15) is 32.7 Å². The topological polar surface area (TPSA) is 257 Å². The molecular weight excluding hydrogens is 655 g/mol. The predicted octanol–water partition coefficient (Wildman–Crippen LogP) is 5.63. The van der Waals surface area contributed by atoms with Crippen LogP contribution in [0.5, 0.6) is 11.5 Å². The number of nitrogens with two attached hydrogens (primary N) is 1. The number of nitrogen functional groups attached to an aromatic ring is 1. The molecule has 45 heavy (non-hydrogen) atoms. The number of hydrogen-bond acceptors (Lipinski definition) is 13. The second-order valence-electron chi connectivity index (χ2n) is 9.48. The molecule has 5 N–H and O–H groups in total. The number of anilines is 1. The third kappa shape index (κ3) is 7.24. The lowest BCUT2D eigenvalue weighted by Gasteiger charge is -2.11. The number of rotatable bonds is 9. The summed E-state index contributed by atoms with van der Waals surface area (Å²) in [5, 5.41) is 15.7. The molecule has 0 aromatic heterocycles. The Morgan fingerprint density at radius 1 is 0.578 bits per heavy atom. The number of benzene rings is 4. The van der Waals surface area contributed by atoms with Gasteiger partial charge < -0.3 is 15.2 Å². The summed E-state index contributed by atoms with van der Waals surface area (Å²) >= 11 is 0. The summed E-state index contributed by atoms with van der Waals surface area (Å²) in [4.78, 5) is -2.81. The molecule has 0 atom stereocenters. The maximum Gasteiger partial charge on any atom is 0.296 e. The first-order chi connectivity index (χ1) is 20.8. The number of fused-ring (bicyclic) bond motifs is 1. The first-order valence-electron chi connectivity index (χ1n) is 12.3. The van der Waals surface area contributed by atoms with Gasteiger partial charge in [0.2, 0.25) is 0 Å². The van der Waals surface area contributed by atoms with Gasteiger partial charge >= 0.3 is 0 Å². The average molecular weight is 680 g/mol. The molecule has 0 bridgehead atoms. The fourth-order valence-corrected chi connectivity index (χ4v) is 6.16. The Hall–Kier alpha value is -4.53. The maximum absolute atomic E-state index is 12.2. The van der Waals surface area contributed by atoms with Crippen LogP contribution in [0.4, 0.5) is 28.4 Å². The fraction of sp³-hybridized carbons (Fsp3) is 0.154. The van der Waals surface area contributed by atoms with Crippen molar-refractivity contribution in [2.45, 2.75) is 28.5 Å². The third-order valence-electron chi connectivity index (χ3n) is 6.40. The minimum absolute atomic E-state index is 0.147. The van der Waals surface area contributed by atoms with Gasteiger partial charge in [0.05, 0.1) is 36.2 Å². The molecule has 0 saturated heterocycles. The second-order valence-corrected chi connectivity index (χ2v) is 13.7. The van der Waals surface area contributed by atoms with E-state index in [2.05, 4.69) is 20.5 Å². The van der Waals surface area contributed by atoms with E-state index in [1.54, 1.807) is 32.0 Å². The Balaban J connectivity index is 1.85. The fourth-order valence-electron chi connectivity index (χ4n) is 4.18. The van der Waals surface area contributed by atoms with Crippen LogP contribution in [0.25, 0.3) is 10.8 Å². The first-order valence-corrected chi connectivity index (χ1v) is 16.7. The highest BCUT2D eigenvalue weighted by molar-refractivity contribution is 7.87. The summed E-state index contributed by atoms with van der Waals surface area (Å²) in [5.74, 6) is 0.604. The SMILES string of the molecule is COc1cc(N=Nc2cc(C)c(N=Nc3cc4c(S(=O)(=O)O)cc(S(=O)(=O)O)cc4cc3S(=O)(=O)O)cc2OC)c(C)cc1N. The molecule has 0 aliphatic heterocycles. The molecular formula is C26H25N5O11S3. The average Bonchev–Trinajstić information content (AvgIpc) is 2.93. The number of aryl methyl sites for hydroxylation is 2. The van der Waals surface area contributed by atoms with Crippen molar-refractivity contribution in [1.29, 1.82) is 0 Å². The molecule has 0 unspecified atom stereocenters. The van der Waals surface area contributed by atoms with Crippen molar-refractivity contribution in [3.05, 3.63) is 59.7 Å².